The quantitative estimate of drug-likeness (QED) is 0.861. The highest BCUT2D eigenvalue weighted by Crippen LogP contribution is 2.46. The summed E-state index contributed by atoms with van der Waals surface area (Å²) >= 11 is 1.33. The second-order valence-electron chi connectivity index (χ2n) is 7.48. The molecule has 0 saturated carbocycles. The van der Waals surface area contributed by atoms with Gasteiger partial charge in [-0.1, -0.05) is 30.3 Å². The zero-order chi connectivity index (χ0) is 19.0. The number of nitrogens with zero attached hydrogens (tertiary/aromatic N) is 3. The summed E-state index contributed by atoms with van der Waals surface area (Å²) in [5.41, 5.74) is 2.02. The van der Waals surface area contributed by atoms with Gasteiger partial charge >= 0.3 is 0 Å². The van der Waals surface area contributed by atoms with Gasteiger partial charge in [-0.25, -0.2) is 0 Å². The fraction of sp³-hybridized carbons (Fsp3) is 0.450. The van der Waals surface area contributed by atoms with E-state index < -0.39 is 11.5 Å². The van der Waals surface area contributed by atoms with Gasteiger partial charge in [-0.2, -0.15) is 0 Å². The second-order valence-corrected chi connectivity index (χ2v) is 8.37. The Morgan fingerprint density at radius 3 is 2.59 bits per heavy atom. The molecular weight excluding hydrogens is 362 g/mol. The minimum Gasteiger partial charge on any atom is -0.391 e. The molecule has 0 aliphatic carbocycles. The van der Waals surface area contributed by atoms with Crippen molar-refractivity contribution in [2.24, 2.45) is 5.41 Å². The van der Waals surface area contributed by atoms with Crippen LogP contribution < -0.4 is 0 Å². The monoisotopic (exact) mass is 385 g/mol. The lowest BCUT2D eigenvalue weighted by Crippen LogP contribution is -2.57. The first-order valence-electron chi connectivity index (χ1n) is 9.20. The zero-order valence-corrected chi connectivity index (χ0v) is 16.1. The Morgan fingerprint density at radius 1 is 1.26 bits per heavy atom. The van der Waals surface area contributed by atoms with Gasteiger partial charge in [0.05, 0.1) is 29.3 Å². The SMILES string of the molecule is CN1C(=O)C2(CCN(C(=O)c3cncs3)CC2)C[C@@H](O)[C@@H]1c1ccccc1. The van der Waals surface area contributed by atoms with Crippen molar-refractivity contribution in [3.8, 4) is 0 Å². The molecule has 2 aliphatic rings. The Bertz CT molecular complexity index is 816. The number of aromatic nitrogens is 1. The summed E-state index contributed by atoms with van der Waals surface area (Å²) in [4.78, 5) is 33.9. The summed E-state index contributed by atoms with van der Waals surface area (Å²) in [6, 6.07) is 9.36. The molecule has 3 heterocycles. The van der Waals surface area contributed by atoms with Crippen LogP contribution in [0.15, 0.2) is 42.0 Å². The van der Waals surface area contributed by atoms with Crippen molar-refractivity contribution in [3.63, 3.8) is 0 Å². The van der Waals surface area contributed by atoms with Gasteiger partial charge in [-0.3, -0.25) is 14.6 Å². The molecular formula is C20H23N3O3S. The zero-order valence-electron chi connectivity index (χ0n) is 15.2. The van der Waals surface area contributed by atoms with E-state index in [2.05, 4.69) is 4.98 Å². The smallest absolute Gasteiger partial charge is 0.265 e. The van der Waals surface area contributed by atoms with E-state index in [0.29, 0.717) is 37.2 Å². The molecule has 7 heteroatoms. The van der Waals surface area contributed by atoms with Gasteiger partial charge in [-0.15, -0.1) is 11.3 Å². The molecule has 0 bridgehead atoms. The summed E-state index contributed by atoms with van der Waals surface area (Å²) in [6.45, 7) is 1.05. The number of carbonyl (C=O) groups is 2. The number of thiazole rings is 1. The van der Waals surface area contributed by atoms with E-state index in [-0.39, 0.29) is 17.9 Å². The highest BCUT2D eigenvalue weighted by molar-refractivity contribution is 7.11. The van der Waals surface area contributed by atoms with Crippen LogP contribution in [0.1, 0.15) is 40.5 Å². The summed E-state index contributed by atoms with van der Waals surface area (Å²) < 4.78 is 0. The van der Waals surface area contributed by atoms with E-state index in [0.717, 1.165) is 5.56 Å². The Balaban J connectivity index is 1.49. The number of rotatable bonds is 2. The molecule has 1 aromatic heterocycles. The number of carbonyl (C=O) groups excluding carboxylic acids is 2. The number of hydrogen-bond donors (Lipinski definition) is 1. The van der Waals surface area contributed by atoms with Gasteiger partial charge in [0.2, 0.25) is 5.91 Å². The Labute approximate surface area is 162 Å². The fourth-order valence-electron chi connectivity index (χ4n) is 4.49. The van der Waals surface area contributed by atoms with Crippen molar-refractivity contribution in [2.45, 2.75) is 31.4 Å². The molecule has 2 fully saturated rings. The lowest BCUT2D eigenvalue weighted by molar-refractivity contribution is -0.161. The molecule has 142 valence electrons. The number of likely N-dealkylation sites (N-methyl/N-ethyl adjacent to an activating group) is 1. The van der Waals surface area contributed by atoms with Crippen LogP contribution in [0.25, 0.3) is 0 Å². The molecule has 0 unspecified atom stereocenters. The second kappa shape index (κ2) is 7.05. The maximum Gasteiger partial charge on any atom is 0.265 e. The molecule has 1 N–H and O–H groups in total. The van der Waals surface area contributed by atoms with Crippen LogP contribution in [0.3, 0.4) is 0 Å². The average Bonchev–Trinajstić information content (AvgIpc) is 3.22. The summed E-state index contributed by atoms with van der Waals surface area (Å²) in [5, 5.41) is 10.9. The number of aliphatic hydroxyl groups excluding tert-OH is 1. The predicted molar refractivity (Wildman–Crippen MR) is 102 cm³/mol. The molecule has 27 heavy (non-hydrogen) atoms. The first kappa shape index (κ1) is 18.1. The van der Waals surface area contributed by atoms with Crippen LogP contribution in [0.5, 0.6) is 0 Å². The standard InChI is InChI=1S/C20H23N3O3S/c1-22-17(14-5-3-2-4-6-14)15(24)11-20(19(22)26)7-9-23(10-8-20)18(25)16-12-21-13-27-16/h2-6,12-13,15,17,24H,7-11H2,1H3/t15-,17+/m1/s1. The summed E-state index contributed by atoms with van der Waals surface area (Å²) in [7, 11) is 1.78. The Kier molecular flexibility index (Phi) is 4.74. The van der Waals surface area contributed by atoms with E-state index in [1.165, 1.54) is 11.3 Å². The third-order valence-electron chi connectivity index (χ3n) is 5.95. The highest BCUT2D eigenvalue weighted by atomic mass is 32.1. The minimum absolute atomic E-state index is 0.0216. The number of piperidine rings is 2. The first-order chi connectivity index (χ1) is 13.0. The molecule has 2 aromatic rings. The molecule has 1 aromatic carbocycles. The van der Waals surface area contributed by atoms with E-state index in [4.69, 9.17) is 0 Å². The lowest BCUT2D eigenvalue weighted by atomic mass is 9.68. The van der Waals surface area contributed by atoms with Gasteiger partial charge in [0, 0.05) is 20.1 Å². The van der Waals surface area contributed by atoms with E-state index in [9.17, 15) is 14.7 Å². The maximum atomic E-state index is 13.2. The van der Waals surface area contributed by atoms with Gasteiger partial charge in [0.1, 0.15) is 4.88 Å². The molecule has 6 nitrogen and oxygen atoms in total. The minimum atomic E-state index is -0.612. The average molecular weight is 385 g/mol. The van der Waals surface area contributed by atoms with Gasteiger partial charge in [0.25, 0.3) is 5.91 Å². The number of aliphatic hydroxyl groups is 1. The van der Waals surface area contributed by atoms with Crippen molar-refractivity contribution in [1.82, 2.24) is 14.8 Å². The van der Waals surface area contributed by atoms with Crippen LogP contribution in [-0.2, 0) is 4.79 Å². The molecule has 4 rings (SSSR count). The van der Waals surface area contributed by atoms with Crippen molar-refractivity contribution in [3.05, 3.63) is 52.5 Å². The third-order valence-corrected chi connectivity index (χ3v) is 6.71. The molecule has 1 spiro atoms. The molecule has 2 amide bonds. The van der Waals surface area contributed by atoms with Crippen LogP contribution in [-0.4, -0.2) is 57.9 Å². The number of benzene rings is 1. The van der Waals surface area contributed by atoms with Crippen LogP contribution in [0.2, 0.25) is 0 Å². The van der Waals surface area contributed by atoms with Crippen molar-refractivity contribution in [2.75, 3.05) is 20.1 Å². The van der Waals surface area contributed by atoms with Crippen molar-refractivity contribution in [1.29, 1.82) is 0 Å². The Morgan fingerprint density at radius 2 is 1.96 bits per heavy atom. The van der Waals surface area contributed by atoms with Crippen LogP contribution in [0.4, 0.5) is 0 Å². The molecule has 2 saturated heterocycles. The molecule has 2 atom stereocenters. The van der Waals surface area contributed by atoms with Gasteiger partial charge in [0.15, 0.2) is 0 Å². The maximum absolute atomic E-state index is 13.2. The predicted octanol–water partition coefficient (Wildman–Crippen LogP) is 2.33. The van der Waals surface area contributed by atoms with Crippen LogP contribution in [0, 0.1) is 5.41 Å². The highest BCUT2D eigenvalue weighted by Gasteiger charge is 2.51. The van der Waals surface area contributed by atoms with E-state index >= 15 is 0 Å². The lowest BCUT2D eigenvalue weighted by Gasteiger charge is -2.50. The van der Waals surface area contributed by atoms with Gasteiger partial charge in [-0.05, 0) is 24.8 Å². The first-order valence-corrected chi connectivity index (χ1v) is 10.1. The number of amides is 2. The fourth-order valence-corrected chi connectivity index (χ4v) is 5.07. The summed E-state index contributed by atoms with van der Waals surface area (Å²) in [6.07, 6.45) is 2.58. The van der Waals surface area contributed by atoms with Crippen LogP contribution >= 0.6 is 11.3 Å². The largest absolute Gasteiger partial charge is 0.391 e. The summed E-state index contributed by atoms with van der Waals surface area (Å²) in [5.74, 6) is 0.0539. The Hall–Kier alpha value is -2.25. The number of hydrogen-bond acceptors (Lipinski definition) is 5. The van der Waals surface area contributed by atoms with E-state index in [1.54, 1.807) is 28.6 Å². The van der Waals surface area contributed by atoms with Crippen molar-refractivity contribution < 1.29 is 14.7 Å². The third kappa shape index (κ3) is 3.15. The van der Waals surface area contributed by atoms with Gasteiger partial charge < -0.3 is 14.9 Å². The topological polar surface area (TPSA) is 73.7 Å². The number of likely N-dealkylation sites (tertiary alicyclic amines) is 2. The normalized spacial score (nSPS) is 25.0. The molecule has 0 radical (unpaired) electrons. The van der Waals surface area contributed by atoms with E-state index in [1.807, 2.05) is 30.3 Å². The molecule has 2 aliphatic heterocycles. The van der Waals surface area contributed by atoms with Crippen molar-refractivity contribution >= 4 is 23.2 Å².